The Bertz CT molecular complexity index is 373. The summed E-state index contributed by atoms with van der Waals surface area (Å²) in [5.74, 6) is -2.10. The van der Waals surface area contributed by atoms with Crippen LogP contribution in [0.1, 0.15) is 13.8 Å². The number of carbonyl (C=O) groups excluding carboxylic acids is 1. The summed E-state index contributed by atoms with van der Waals surface area (Å²) in [7, 11) is 0. The third-order valence-electron chi connectivity index (χ3n) is 2.94. The van der Waals surface area contributed by atoms with E-state index in [4.69, 9.17) is 9.84 Å². The van der Waals surface area contributed by atoms with Crippen molar-refractivity contribution in [2.24, 2.45) is 5.92 Å². The van der Waals surface area contributed by atoms with Gasteiger partial charge in [0.25, 0.3) is 0 Å². The molecule has 0 bridgehead atoms. The van der Waals surface area contributed by atoms with E-state index < -0.39 is 42.7 Å². The van der Waals surface area contributed by atoms with Gasteiger partial charge in [0.05, 0.1) is 19.3 Å². The Morgan fingerprint density at radius 1 is 1.40 bits per heavy atom. The number of urea groups is 1. The zero-order chi connectivity index (χ0) is 15.5. The number of carboxylic acid groups (broad SMARTS) is 1. The second-order valence-electron chi connectivity index (χ2n) is 4.87. The summed E-state index contributed by atoms with van der Waals surface area (Å²) in [4.78, 5) is 23.4. The van der Waals surface area contributed by atoms with Gasteiger partial charge in [-0.1, -0.05) is 0 Å². The van der Waals surface area contributed by atoms with E-state index in [9.17, 15) is 22.8 Å². The van der Waals surface area contributed by atoms with Crippen LogP contribution in [0.3, 0.4) is 0 Å². The van der Waals surface area contributed by atoms with E-state index in [-0.39, 0.29) is 13.2 Å². The zero-order valence-corrected chi connectivity index (χ0v) is 11.1. The average Bonchev–Trinajstić information content (AvgIpc) is 2.72. The van der Waals surface area contributed by atoms with E-state index >= 15 is 0 Å². The van der Waals surface area contributed by atoms with Crippen LogP contribution in [0.25, 0.3) is 0 Å². The lowest BCUT2D eigenvalue weighted by Crippen LogP contribution is -2.53. The molecule has 1 rings (SSSR count). The molecule has 6 nitrogen and oxygen atoms in total. The van der Waals surface area contributed by atoms with Gasteiger partial charge in [-0.15, -0.1) is 0 Å². The summed E-state index contributed by atoms with van der Waals surface area (Å²) in [5, 5.41) is 11.2. The Morgan fingerprint density at radius 2 is 2.00 bits per heavy atom. The number of aliphatic carboxylic acids is 1. The number of nitrogens with one attached hydrogen (secondary N) is 1. The van der Waals surface area contributed by atoms with E-state index in [0.29, 0.717) is 4.90 Å². The smallest absolute Gasteiger partial charge is 0.406 e. The standard InChI is InChI=1S/C11H17F3N2O4/c1-6(2)16(5-11(12,13)14)10(19)15-8-4-20-3-7(8)9(17)18/h6-8H,3-5H2,1-2H3,(H,15,19)(H,17,18). The molecule has 2 atom stereocenters. The molecule has 0 aromatic rings. The van der Waals surface area contributed by atoms with Gasteiger partial charge in [-0.05, 0) is 13.8 Å². The van der Waals surface area contributed by atoms with Crippen molar-refractivity contribution in [2.75, 3.05) is 19.8 Å². The summed E-state index contributed by atoms with van der Waals surface area (Å²) < 4.78 is 42.1. The van der Waals surface area contributed by atoms with Crippen molar-refractivity contribution in [3.63, 3.8) is 0 Å². The average molecular weight is 298 g/mol. The fourth-order valence-corrected chi connectivity index (χ4v) is 1.86. The van der Waals surface area contributed by atoms with Crippen LogP contribution in [0.4, 0.5) is 18.0 Å². The summed E-state index contributed by atoms with van der Waals surface area (Å²) in [6.45, 7) is 1.42. The van der Waals surface area contributed by atoms with Crippen LogP contribution in [0.2, 0.25) is 0 Å². The minimum atomic E-state index is -4.51. The van der Waals surface area contributed by atoms with Crippen LogP contribution in [-0.2, 0) is 9.53 Å². The number of halogens is 3. The molecular formula is C11H17F3N2O4. The van der Waals surface area contributed by atoms with Crippen molar-refractivity contribution in [3.8, 4) is 0 Å². The molecule has 0 aliphatic carbocycles. The molecule has 0 aromatic carbocycles. The number of alkyl halides is 3. The molecule has 0 aromatic heterocycles. The number of hydrogen-bond donors (Lipinski definition) is 2. The van der Waals surface area contributed by atoms with Gasteiger partial charge in [0.1, 0.15) is 12.5 Å². The monoisotopic (exact) mass is 298 g/mol. The molecule has 20 heavy (non-hydrogen) atoms. The number of hydrogen-bond acceptors (Lipinski definition) is 3. The maximum atomic E-state index is 12.4. The Kier molecular flexibility index (Phi) is 5.21. The summed E-state index contributed by atoms with van der Waals surface area (Å²) >= 11 is 0. The predicted molar refractivity (Wildman–Crippen MR) is 62.2 cm³/mol. The van der Waals surface area contributed by atoms with E-state index in [2.05, 4.69) is 5.32 Å². The normalized spacial score (nSPS) is 22.9. The van der Waals surface area contributed by atoms with Crippen LogP contribution >= 0.6 is 0 Å². The van der Waals surface area contributed by atoms with Crippen molar-refractivity contribution in [1.82, 2.24) is 10.2 Å². The van der Waals surface area contributed by atoms with Crippen LogP contribution in [0.5, 0.6) is 0 Å². The van der Waals surface area contributed by atoms with E-state index in [1.165, 1.54) is 13.8 Å². The van der Waals surface area contributed by atoms with Crippen molar-refractivity contribution in [1.29, 1.82) is 0 Å². The molecule has 2 amide bonds. The van der Waals surface area contributed by atoms with Gasteiger partial charge in [-0.3, -0.25) is 4.79 Å². The van der Waals surface area contributed by atoms with Gasteiger partial charge in [-0.25, -0.2) is 4.79 Å². The molecule has 0 radical (unpaired) electrons. The highest BCUT2D eigenvalue weighted by Crippen LogP contribution is 2.19. The number of ether oxygens (including phenoxy) is 1. The molecule has 1 aliphatic rings. The van der Waals surface area contributed by atoms with Gasteiger partial charge in [0, 0.05) is 6.04 Å². The second-order valence-corrected chi connectivity index (χ2v) is 4.87. The topological polar surface area (TPSA) is 78.9 Å². The lowest BCUT2D eigenvalue weighted by molar-refractivity contribution is -0.144. The molecule has 2 N–H and O–H groups in total. The predicted octanol–water partition coefficient (Wildman–Crippen LogP) is 1.07. The summed E-state index contributed by atoms with van der Waals surface area (Å²) in [6, 6.07) is -2.43. The first-order chi connectivity index (χ1) is 9.11. The number of amides is 2. The maximum absolute atomic E-state index is 12.4. The molecule has 1 heterocycles. The van der Waals surface area contributed by atoms with Crippen molar-refractivity contribution < 1.29 is 32.6 Å². The SMILES string of the molecule is CC(C)N(CC(F)(F)F)C(=O)NC1COCC1C(=O)O. The summed E-state index contributed by atoms with van der Waals surface area (Å²) in [5.41, 5.74) is 0. The number of rotatable bonds is 4. The highest BCUT2D eigenvalue weighted by molar-refractivity contribution is 5.77. The highest BCUT2D eigenvalue weighted by atomic mass is 19.4. The second kappa shape index (κ2) is 6.29. The molecule has 116 valence electrons. The minimum Gasteiger partial charge on any atom is -0.481 e. The van der Waals surface area contributed by atoms with Gasteiger partial charge in [-0.2, -0.15) is 13.2 Å². The third kappa shape index (κ3) is 4.55. The van der Waals surface area contributed by atoms with Gasteiger partial charge in [0.15, 0.2) is 0 Å². The summed E-state index contributed by atoms with van der Waals surface area (Å²) in [6.07, 6.45) is -4.51. The van der Waals surface area contributed by atoms with Gasteiger partial charge in [0.2, 0.25) is 0 Å². The highest BCUT2D eigenvalue weighted by Gasteiger charge is 2.38. The largest absolute Gasteiger partial charge is 0.481 e. The van der Waals surface area contributed by atoms with Gasteiger partial charge >= 0.3 is 18.2 Å². The van der Waals surface area contributed by atoms with E-state index in [1.54, 1.807) is 0 Å². The van der Waals surface area contributed by atoms with Crippen molar-refractivity contribution >= 4 is 12.0 Å². The van der Waals surface area contributed by atoms with Crippen molar-refractivity contribution in [3.05, 3.63) is 0 Å². The number of carboxylic acids is 1. The fourth-order valence-electron chi connectivity index (χ4n) is 1.86. The maximum Gasteiger partial charge on any atom is 0.406 e. The molecular weight excluding hydrogens is 281 g/mol. The van der Waals surface area contributed by atoms with Crippen LogP contribution in [0.15, 0.2) is 0 Å². The third-order valence-corrected chi connectivity index (χ3v) is 2.94. The van der Waals surface area contributed by atoms with Crippen LogP contribution in [-0.4, -0.2) is 60.0 Å². The molecule has 1 saturated heterocycles. The first kappa shape index (κ1) is 16.5. The lowest BCUT2D eigenvalue weighted by atomic mass is 10.0. The minimum absolute atomic E-state index is 0.0271. The first-order valence-corrected chi connectivity index (χ1v) is 6.06. The van der Waals surface area contributed by atoms with Gasteiger partial charge < -0.3 is 20.1 Å². The molecule has 0 saturated carbocycles. The molecule has 0 spiro atoms. The Balaban J connectivity index is 2.69. The van der Waals surface area contributed by atoms with Crippen LogP contribution < -0.4 is 5.32 Å². The molecule has 1 aliphatic heterocycles. The van der Waals surface area contributed by atoms with Crippen molar-refractivity contribution in [2.45, 2.75) is 32.1 Å². The Hall–Kier alpha value is -1.51. The Morgan fingerprint density at radius 3 is 2.45 bits per heavy atom. The quantitative estimate of drug-likeness (QED) is 0.813. The zero-order valence-electron chi connectivity index (χ0n) is 11.1. The Labute approximate surface area is 113 Å². The molecule has 2 unspecified atom stereocenters. The fraction of sp³-hybridized carbons (Fsp3) is 0.818. The first-order valence-electron chi connectivity index (χ1n) is 6.06. The van der Waals surface area contributed by atoms with E-state index in [0.717, 1.165) is 0 Å². The van der Waals surface area contributed by atoms with E-state index in [1.807, 2.05) is 0 Å². The number of nitrogens with zero attached hydrogens (tertiary/aromatic N) is 1. The lowest BCUT2D eigenvalue weighted by Gasteiger charge is -2.29. The molecule has 9 heteroatoms. The molecule has 1 fully saturated rings. The van der Waals surface area contributed by atoms with Crippen LogP contribution in [0, 0.1) is 5.92 Å². The number of carbonyl (C=O) groups is 2.